The zero-order valence-electron chi connectivity index (χ0n) is 16.1. The molecule has 0 unspecified atom stereocenters. The molecule has 0 saturated carbocycles. The van der Waals surface area contributed by atoms with Crippen molar-refractivity contribution in [3.05, 3.63) is 35.7 Å². The molecule has 25 heavy (non-hydrogen) atoms. The van der Waals surface area contributed by atoms with Gasteiger partial charge in [0.25, 0.3) is 0 Å². The molecule has 0 aliphatic rings. The molecular formula is C20H29N3O2. The molecule has 1 amide bonds. The lowest BCUT2D eigenvalue weighted by Crippen LogP contribution is -2.34. The average Bonchev–Trinajstić information content (AvgIpc) is 3.00. The van der Waals surface area contributed by atoms with Crippen molar-refractivity contribution < 1.29 is 9.32 Å². The number of hydrogen-bond acceptors (Lipinski definition) is 4. The lowest BCUT2D eigenvalue weighted by molar-refractivity contribution is -0.124. The highest BCUT2D eigenvalue weighted by atomic mass is 16.5. The molecule has 0 bridgehead atoms. The van der Waals surface area contributed by atoms with Crippen molar-refractivity contribution in [2.45, 2.75) is 60.4 Å². The summed E-state index contributed by atoms with van der Waals surface area (Å²) in [6.45, 7) is 12.4. The van der Waals surface area contributed by atoms with Gasteiger partial charge in [-0.3, -0.25) is 4.79 Å². The third kappa shape index (κ3) is 5.41. The maximum Gasteiger partial charge on any atom is 0.249 e. The molecule has 5 nitrogen and oxygen atoms in total. The molecule has 0 saturated heterocycles. The first-order chi connectivity index (χ1) is 11.7. The van der Waals surface area contributed by atoms with E-state index in [1.807, 2.05) is 52.0 Å². The molecule has 2 atom stereocenters. The monoisotopic (exact) mass is 343 g/mol. The van der Waals surface area contributed by atoms with Crippen LogP contribution in [0, 0.1) is 18.3 Å². The van der Waals surface area contributed by atoms with Crippen LogP contribution in [-0.4, -0.2) is 16.0 Å². The van der Waals surface area contributed by atoms with E-state index in [1.165, 1.54) is 5.56 Å². The Kier molecular flexibility index (Phi) is 5.98. The number of hydrogen-bond donors (Lipinski definition) is 1. The van der Waals surface area contributed by atoms with Gasteiger partial charge >= 0.3 is 0 Å². The number of carbonyl (C=O) groups is 1. The zero-order chi connectivity index (χ0) is 18.6. The fourth-order valence-electron chi connectivity index (χ4n) is 2.57. The number of rotatable bonds is 6. The standard InChI is InChI=1S/C20H29N3O2/c1-7-14(3)17(21-16(24)12-20(4,5)6)19-22-18(23-25-19)15-10-8-13(2)9-11-15/h8-11,14,17H,7,12H2,1-6H3,(H,21,24)/t14-,17+/m1/s1. The summed E-state index contributed by atoms with van der Waals surface area (Å²) in [5.41, 5.74) is 2.02. The summed E-state index contributed by atoms with van der Waals surface area (Å²) in [5.74, 6) is 1.23. The third-order valence-electron chi connectivity index (χ3n) is 4.24. The molecule has 5 heteroatoms. The topological polar surface area (TPSA) is 68.0 Å². The van der Waals surface area contributed by atoms with Crippen LogP contribution in [0.4, 0.5) is 0 Å². The Hall–Kier alpha value is -2.17. The maximum atomic E-state index is 12.4. The van der Waals surface area contributed by atoms with E-state index < -0.39 is 0 Å². The Morgan fingerprint density at radius 1 is 1.24 bits per heavy atom. The number of aromatic nitrogens is 2. The average molecular weight is 343 g/mol. The van der Waals surface area contributed by atoms with Crippen LogP contribution >= 0.6 is 0 Å². The Morgan fingerprint density at radius 3 is 2.44 bits per heavy atom. The van der Waals surface area contributed by atoms with Crippen molar-refractivity contribution in [2.24, 2.45) is 11.3 Å². The highest BCUT2D eigenvalue weighted by Crippen LogP contribution is 2.27. The van der Waals surface area contributed by atoms with E-state index in [2.05, 4.69) is 29.3 Å². The Bertz CT molecular complexity index is 698. The van der Waals surface area contributed by atoms with Crippen molar-refractivity contribution in [2.75, 3.05) is 0 Å². The maximum absolute atomic E-state index is 12.4. The van der Waals surface area contributed by atoms with Gasteiger partial charge in [0.1, 0.15) is 6.04 Å². The summed E-state index contributed by atoms with van der Waals surface area (Å²) in [4.78, 5) is 16.9. The van der Waals surface area contributed by atoms with Crippen molar-refractivity contribution >= 4 is 5.91 Å². The molecule has 136 valence electrons. The predicted octanol–water partition coefficient (Wildman–Crippen LogP) is 4.68. The molecule has 0 spiro atoms. The van der Waals surface area contributed by atoms with Crippen LogP contribution in [0.5, 0.6) is 0 Å². The number of amides is 1. The SMILES string of the molecule is CC[C@@H](C)[C@H](NC(=O)CC(C)(C)C)c1nc(-c2ccc(C)cc2)no1. The largest absolute Gasteiger partial charge is 0.344 e. The molecule has 0 radical (unpaired) electrons. The van der Waals surface area contributed by atoms with Crippen LogP contribution in [-0.2, 0) is 4.79 Å². The summed E-state index contributed by atoms with van der Waals surface area (Å²) in [6, 6.07) is 7.71. The van der Waals surface area contributed by atoms with Gasteiger partial charge in [0.15, 0.2) is 0 Å². The number of aryl methyl sites for hydroxylation is 1. The molecule has 1 aromatic carbocycles. The minimum atomic E-state index is -0.272. The number of benzene rings is 1. The smallest absolute Gasteiger partial charge is 0.249 e. The van der Waals surface area contributed by atoms with Gasteiger partial charge in [0.2, 0.25) is 17.6 Å². The van der Waals surface area contributed by atoms with Gasteiger partial charge in [-0.25, -0.2) is 0 Å². The van der Waals surface area contributed by atoms with E-state index in [1.54, 1.807) is 0 Å². The van der Waals surface area contributed by atoms with E-state index in [0.717, 1.165) is 12.0 Å². The van der Waals surface area contributed by atoms with E-state index in [9.17, 15) is 4.79 Å². The Morgan fingerprint density at radius 2 is 1.88 bits per heavy atom. The van der Waals surface area contributed by atoms with Gasteiger partial charge in [-0.2, -0.15) is 4.98 Å². The first kappa shape index (κ1) is 19.2. The molecule has 2 aromatic rings. The Balaban J connectivity index is 2.21. The zero-order valence-corrected chi connectivity index (χ0v) is 16.1. The van der Waals surface area contributed by atoms with E-state index in [0.29, 0.717) is 18.1 Å². The quantitative estimate of drug-likeness (QED) is 0.826. The second-order valence-corrected chi connectivity index (χ2v) is 7.99. The van der Waals surface area contributed by atoms with Gasteiger partial charge in [-0.1, -0.05) is 76.0 Å². The van der Waals surface area contributed by atoms with Crippen LogP contribution in [0.1, 0.15) is 65.0 Å². The number of carbonyl (C=O) groups excluding carboxylic acids is 1. The second-order valence-electron chi connectivity index (χ2n) is 7.99. The molecule has 2 rings (SSSR count). The molecule has 0 fully saturated rings. The fraction of sp³-hybridized carbons (Fsp3) is 0.550. The van der Waals surface area contributed by atoms with Crippen molar-refractivity contribution in [3.8, 4) is 11.4 Å². The summed E-state index contributed by atoms with van der Waals surface area (Å²) in [6.07, 6.45) is 1.36. The minimum Gasteiger partial charge on any atom is -0.344 e. The van der Waals surface area contributed by atoms with Gasteiger partial charge in [-0.05, 0) is 18.3 Å². The van der Waals surface area contributed by atoms with Crippen LogP contribution in [0.15, 0.2) is 28.8 Å². The summed E-state index contributed by atoms with van der Waals surface area (Å²) in [7, 11) is 0. The van der Waals surface area contributed by atoms with Gasteiger partial charge in [0.05, 0.1) is 0 Å². The molecule has 1 N–H and O–H groups in total. The first-order valence-electron chi connectivity index (χ1n) is 8.89. The van der Waals surface area contributed by atoms with E-state index in [4.69, 9.17) is 4.52 Å². The van der Waals surface area contributed by atoms with Crippen molar-refractivity contribution in [1.29, 1.82) is 0 Å². The van der Waals surface area contributed by atoms with Crippen molar-refractivity contribution in [1.82, 2.24) is 15.5 Å². The highest BCUT2D eigenvalue weighted by molar-refractivity contribution is 5.77. The predicted molar refractivity (Wildman–Crippen MR) is 98.9 cm³/mol. The van der Waals surface area contributed by atoms with Crippen LogP contribution in [0.25, 0.3) is 11.4 Å². The third-order valence-corrected chi connectivity index (χ3v) is 4.24. The summed E-state index contributed by atoms with van der Waals surface area (Å²) >= 11 is 0. The molecule has 0 aliphatic heterocycles. The minimum absolute atomic E-state index is 0.00730. The van der Waals surface area contributed by atoms with Gasteiger partial charge in [-0.15, -0.1) is 0 Å². The lowest BCUT2D eigenvalue weighted by atomic mass is 9.91. The number of nitrogens with one attached hydrogen (secondary N) is 1. The molecule has 0 aliphatic carbocycles. The summed E-state index contributed by atoms with van der Waals surface area (Å²) in [5, 5.41) is 7.18. The van der Waals surface area contributed by atoms with E-state index >= 15 is 0 Å². The molecule has 1 aromatic heterocycles. The molecular weight excluding hydrogens is 314 g/mol. The van der Waals surface area contributed by atoms with Gasteiger partial charge in [0, 0.05) is 12.0 Å². The molecule has 1 heterocycles. The summed E-state index contributed by atoms with van der Waals surface area (Å²) < 4.78 is 5.49. The van der Waals surface area contributed by atoms with Crippen molar-refractivity contribution in [3.63, 3.8) is 0 Å². The fourth-order valence-corrected chi connectivity index (χ4v) is 2.57. The highest BCUT2D eigenvalue weighted by Gasteiger charge is 2.27. The number of nitrogens with zero attached hydrogens (tertiary/aromatic N) is 2. The van der Waals surface area contributed by atoms with Crippen LogP contribution in [0.2, 0.25) is 0 Å². The normalized spacial score (nSPS) is 14.2. The van der Waals surface area contributed by atoms with Crippen LogP contribution in [0.3, 0.4) is 0 Å². The van der Waals surface area contributed by atoms with E-state index in [-0.39, 0.29) is 23.3 Å². The lowest BCUT2D eigenvalue weighted by Gasteiger charge is -2.23. The van der Waals surface area contributed by atoms with Crippen LogP contribution < -0.4 is 5.32 Å². The van der Waals surface area contributed by atoms with Gasteiger partial charge < -0.3 is 9.84 Å². The Labute approximate surface area is 150 Å². The first-order valence-corrected chi connectivity index (χ1v) is 8.89. The second kappa shape index (κ2) is 7.81.